The first-order valence-electron chi connectivity index (χ1n) is 7.65. The van der Waals surface area contributed by atoms with E-state index in [2.05, 4.69) is 50.8 Å². The predicted molar refractivity (Wildman–Crippen MR) is 82.5 cm³/mol. The van der Waals surface area contributed by atoms with E-state index in [0.717, 1.165) is 32.0 Å². The summed E-state index contributed by atoms with van der Waals surface area (Å²) in [5.41, 5.74) is 1.29. The Morgan fingerprint density at radius 1 is 1.20 bits per heavy atom. The predicted octanol–water partition coefficient (Wildman–Crippen LogP) is 3.30. The van der Waals surface area contributed by atoms with Crippen LogP contribution in [0.15, 0.2) is 24.3 Å². The molecule has 0 radical (unpaired) electrons. The fraction of sp³-hybridized carbons (Fsp3) is 0.647. The first-order chi connectivity index (χ1) is 9.56. The van der Waals surface area contributed by atoms with E-state index in [1.807, 2.05) is 6.07 Å². The molecule has 3 nitrogen and oxygen atoms in total. The summed E-state index contributed by atoms with van der Waals surface area (Å²) in [6, 6.07) is 8.34. The summed E-state index contributed by atoms with van der Waals surface area (Å²) in [5, 5.41) is 0. The second-order valence-electron chi connectivity index (χ2n) is 6.06. The summed E-state index contributed by atoms with van der Waals surface area (Å²) < 4.78 is 11.7. The van der Waals surface area contributed by atoms with Crippen LogP contribution in [0.4, 0.5) is 0 Å². The molecule has 0 saturated carbocycles. The number of benzene rings is 1. The molecule has 0 aromatic heterocycles. The molecule has 2 atom stereocenters. The molecule has 1 aromatic carbocycles. The number of rotatable bonds is 5. The lowest BCUT2D eigenvalue weighted by Gasteiger charge is -2.35. The molecule has 1 aliphatic heterocycles. The fourth-order valence-electron chi connectivity index (χ4n) is 2.84. The van der Waals surface area contributed by atoms with E-state index < -0.39 is 0 Å². The van der Waals surface area contributed by atoms with Gasteiger partial charge in [0.05, 0.1) is 12.2 Å². The molecule has 1 fully saturated rings. The number of morpholine rings is 1. The number of ether oxygens (including phenoxy) is 2. The zero-order valence-electron chi connectivity index (χ0n) is 13.1. The van der Waals surface area contributed by atoms with Gasteiger partial charge >= 0.3 is 0 Å². The molecule has 112 valence electrons. The lowest BCUT2D eigenvalue weighted by atomic mass is 10.0. The van der Waals surface area contributed by atoms with Crippen LogP contribution in [0.25, 0.3) is 0 Å². The molecular formula is C17H27NO2. The van der Waals surface area contributed by atoms with E-state index in [0.29, 0.717) is 18.1 Å². The van der Waals surface area contributed by atoms with E-state index in [-0.39, 0.29) is 0 Å². The van der Waals surface area contributed by atoms with Gasteiger partial charge in [0.1, 0.15) is 12.4 Å². The first-order valence-corrected chi connectivity index (χ1v) is 7.65. The van der Waals surface area contributed by atoms with E-state index in [4.69, 9.17) is 9.47 Å². The van der Waals surface area contributed by atoms with Gasteiger partial charge in [0.2, 0.25) is 0 Å². The molecule has 2 rings (SSSR count). The third kappa shape index (κ3) is 4.22. The molecule has 20 heavy (non-hydrogen) atoms. The van der Waals surface area contributed by atoms with Crippen molar-refractivity contribution in [3.05, 3.63) is 29.8 Å². The number of nitrogens with zero attached hydrogens (tertiary/aromatic N) is 1. The van der Waals surface area contributed by atoms with Crippen molar-refractivity contribution in [2.75, 3.05) is 26.2 Å². The fourth-order valence-corrected chi connectivity index (χ4v) is 2.84. The Labute approximate surface area is 122 Å². The van der Waals surface area contributed by atoms with Gasteiger partial charge in [-0.25, -0.2) is 0 Å². The Morgan fingerprint density at radius 2 is 1.85 bits per heavy atom. The van der Waals surface area contributed by atoms with Gasteiger partial charge in [-0.1, -0.05) is 32.0 Å². The minimum absolute atomic E-state index is 0.321. The Balaban J connectivity index is 1.84. The quantitative estimate of drug-likeness (QED) is 0.824. The molecule has 0 N–H and O–H groups in total. The summed E-state index contributed by atoms with van der Waals surface area (Å²) in [7, 11) is 0. The molecule has 0 aliphatic carbocycles. The normalized spacial score (nSPS) is 24.1. The molecule has 3 heteroatoms. The van der Waals surface area contributed by atoms with Crippen molar-refractivity contribution < 1.29 is 9.47 Å². The van der Waals surface area contributed by atoms with Crippen molar-refractivity contribution in [2.24, 2.45) is 0 Å². The molecule has 0 bridgehead atoms. The summed E-state index contributed by atoms with van der Waals surface area (Å²) in [6.45, 7) is 12.4. The van der Waals surface area contributed by atoms with Crippen molar-refractivity contribution in [3.8, 4) is 5.75 Å². The molecule has 0 amide bonds. The van der Waals surface area contributed by atoms with E-state index >= 15 is 0 Å². The van der Waals surface area contributed by atoms with Crippen molar-refractivity contribution in [1.82, 2.24) is 4.90 Å². The van der Waals surface area contributed by atoms with Gasteiger partial charge in [0, 0.05) is 19.6 Å². The molecule has 0 unspecified atom stereocenters. The van der Waals surface area contributed by atoms with Gasteiger partial charge in [0.15, 0.2) is 0 Å². The Kier molecular flexibility index (Phi) is 5.44. The third-order valence-electron chi connectivity index (χ3n) is 3.70. The minimum Gasteiger partial charge on any atom is -0.492 e. The maximum atomic E-state index is 5.99. The summed E-state index contributed by atoms with van der Waals surface area (Å²) >= 11 is 0. The monoisotopic (exact) mass is 277 g/mol. The van der Waals surface area contributed by atoms with Gasteiger partial charge in [-0.05, 0) is 31.4 Å². The third-order valence-corrected chi connectivity index (χ3v) is 3.70. The molecule has 0 spiro atoms. The first kappa shape index (κ1) is 15.3. The zero-order chi connectivity index (χ0) is 14.5. The van der Waals surface area contributed by atoms with Gasteiger partial charge < -0.3 is 9.47 Å². The maximum Gasteiger partial charge on any atom is 0.122 e. The minimum atomic E-state index is 0.321. The second kappa shape index (κ2) is 7.09. The maximum absolute atomic E-state index is 5.99. The Morgan fingerprint density at radius 3 is 2.50 bits per heavy atom. The largest absolute Gasteiger partial charge is 0.492 e. The van der Waals surface area contributed by atoms with Gasteiger partial charge in [0.25, 0.3) is 0 Å². The summed E-state index contributed by atoms with van der Waals surface area (Å²) in [6.07, 6.45) is 0.642. The van der Waals surface area contributed by atoms with Crippen LogP contribution in [0.5, 0.6) is 5.75 Å². The number of para-hydroxylation sites is 1. The van der Waals surface area contributed by atoms with Crippen LogP contribution in [-0.4, -0.2) is 43.3 Å². The molecular weight excluding hydrogens is 250 g/mol. The molecule has 1 saturated heterocycles. The van der Waals surface area contributed by atoms with Crippen LogP contribution in [-0.2, 0) is 4.74 Å². The Bertz CT molecular complexity index is 409. The Hall–Kier alpha value is -1.06. The van der Waals surface area contributed by atoms with Crippen molar-refractivity contribution in [2.45, 2.75) is 45.8 Å². The highest BCUT2D eigenvalue weighted by molar-refractivity contribution is 5.35. The molecule has 1 heterocycles. The van der Waals surface area contributed by atoms with Crippen LogP contribution >= 0.6 is 0 Å². The smallest absolute Gasteiger partial charge is 0.122 e. The van der Waals surface area contributed by atoms with Crippen LogP contribution in [0.3, 0.4) is 0 Å². The highest BCUT2D eigenvalue weighted by Gasteiger charge is 2.21. The average Bonchev–Trinajstić information content (AvgIpc) is 2.38. The summed E-state index contributed by atoms with van der Waals surface area (Å²) in [5.74, 6) is 1.52. The standard InChI is InChI=1S/C17H27NO2/c1-13(2)16-7-5-6-8-17(16)19-10-9-18-11-14(3)20-15(4)12-18/h5-8,13-15H,9-12H2,1-4H3/t14-,15-/m0/s1. The lowest BCUT2D eigenvalue weighted by Crippen LogP contribution is -2.46. The van der Waals surface area contributed by atoms with Crippen LogP contribution in [0.1, 0.15) is 39.2 Å². The highest BCUT2D eigenvalue weighted by Crippen LogP contribution is 2.25. The molecule has 1 aliphatic rings. The number of hydrogen-bond acceptors (Lipinski definition) is 3. The van der Waals surface area contributed by atoms with Crippen molar-refractivity contribution >= 4 is 0 Å². The molecule has 1 aromatic rings. The van der Waals surface area contributed by atoms with Gasteiger partial charge in [-0.15, -0.1) is 0 Å². The zero-order valence-corrected chi connectivity index (χ0v) is 13.1. The summed E-state index contributed by atoms with van der Waals surface area (Å²) in [4.78, 5) is 2.43. The average molecular weight is 277 g/mol. The second-order valence-corrected chi connectivity index (χ2v) is 6.06. The van der Waals surface area contributed by atoms with Crippen LogP contribution < -0.4 is 4.74 Å². The van der Waals surface area contributed by atoms with Crippen LogP contribution in [0.2, 0.25) is 0 Å². The topological polar surface area (TPSA) is 21.7 Å². The van der Waals surface area contributed by atoms with Crippen molar-refractivity contribution in [3.63, 3.8) is 0 Å². The van der Waals surface area contributed by atoms with Gasteiger partial charge in [-0.2, -0.15) is 0 Å². The SMILES string of the molecule is CC(C)c1ccccc1OCCN1C[C@H](C)O[C@@H](C)C1. The van der Waals surface area contributed by atoms with Gasteiger partial charge in [-0.3, -0.25) is 4.90 Å². The number of hydrogen-bond donors (Lipinski definition) is 0. The van der Waals surface area contributed by atoms with E-state index in [1.165, 1.54) is 5.56 Å². The highest BCUT2D eigenvalue weighted by atomic mass is 16.5. The van der Waals surface area contributed by atoms with Crippen LogP contribution in [0, 0.1) is 0 Å². The van der Waals surface area contributed by atoms with Crippen molar-refractivity contribution in [1.29, 1.82) is 0 Å². The lowest BCUT2D eigenvalue weighted by molar-refractivity contribution is -0.0699. The van der Waals surface area contributed by atoms with E-state index in [1.54, 1.807) is 0 Å². The van der Waals surface area contributed by atoms with E-state index in [9.17, 15) is 0 Å².